The van der Waals surface area contributed by atoms with Gasteiger partial charge in [0.1, 0.15) is 0 Å². The maximum Gasteiger partial charge on any atom is 0.162 e. The molecule has 2 heteroatoms. The van der Waals surface area contributed by atoms with Crippen LogP contribution in [0.2, 0.25) is 0 Å². The Labute approximate surface area is 108 Å². The standard InChI is InChI=1S/C16H19NO/c1-16(2,17)10-9-15(18)14-8-7-12-5-3-4-6-13(12)11-14/h3-8,11H,9-10,17H2,1-2H3. The molecule has 2 aromatic carbocycles. The third-order valence-electron chi connectivity index (χ3n) is 3.07. The molecule has 0 saturated heterocycles. The molecule has 0 spiro atoms. The van der Waals surface area contributed by atoms with Crippen molar-refractivity contribution in [3.05, 3.63) is 48.0 Å². The molecule has 2 N–H and O–H groups in total. The first kappa shape index (κ1) is 12.8. The van der Waals surface area contributed by atoms with Gasteiger partial charge in [0.15, 0.2) is 5.78 Å². The van der Waals surface area contributed by atoms with Crippen molar-refractivity contribution in [3.63, 3.8) is 0 Å². The van der Waals surface area contributed by atoms with Crippen LogP contribution >= 0.6 is 0 Å². The molecule has 2 nitrogen and oxygen atoms in total. The van der Waals surface area contributed by atoms with Crippen LogP contribution < -0.4 is 5.73 Å². The first-order valence-electron chi connectivity index (χ1n) is 6.27. The molecule has 0 aliphatic heterocycles. The molecule has 0 unspecified atom stereocenters. The Morgan fingerprint density at radius 1 is 1.11 bits per heavy atom. The monoisotopic (exact) mass is 241 g/mol. The lowest BCUT2D eigenvalue weighted by Gasteiger charge is -2.17. The van der Waals surface area contributed by atoms with Crippen LogP contribution in [0, 0.1) is 0 Å². The number of carbonyl (C=O) groups is 1. The molecule has 0 aliphatic rings. The lowest BCUT2D eigenvalue weighted by atomic mass is 9.95. The van der Waals surface area contributed by atoms with E-state index in [0.29, 0.717) is 12.8 Å². The van der Waals surface area contributed by atoms with Gasteiger partial charge in [-0.25, -0.2) is 0 Å². The van der Waals surface area contributed by atoms with Crippen LogP contribution in [0.3, 0.4) is 0 Å². The molecule has 0 saturated carbocycles. The van der Waals surface area contributed by atoms with Crippen LogP contribution in [0.15, 0.2) is 42.5 Å². The second-order valence-corrected chi connectivity index (χ2v) is 5.47. The van der Waals surface area contributed by atoms with Gasteiger partial charge in [-0.15, -0.1) is 0 Å². The number of hydrogen-bond acceptors (Lipinski definition) is 2. The lowest BCUT2D eigenvalue weighted by Crippen LogP contribution is -2.32. The summed E-state index contributed by atoms with van der Waals surface area (Å²) < 4.78 is 0. The van der Waals surface area contributed by atoms with E-state index >= 15 is 0 Å². The van der Waals surface area contributed by atoms with Crippen LogP contribution in [-0.2, 0) is 0 Å². The normalized spacial score (nSPS) is 11.7. The van der Waals surface area contributed by atoms with Gasteiger partial charge in [0.25, 0.3) is 0 Å². The number of fused-ring (bicyclic) bond motifs is 1. The fourth-order valence-electron chi connectivity index (χ4n) is 1.94. The zero-order chi connectivity index (χ0) is 13.2. The minimum atomic E-state index is -0.285. The highest BCUT2D eigenvalue weighted by Crippen LogP contribution is 2.18. The molecule has 94 valence electrons. The molecule has 0 aromatic heterocycles. The van der Waals surface area contributed by atoms with E-state index in [1.54, 1.807) is 0 Å². The summed E-state index contributed by atoms with van der Waals surface area (Å²) in [7, 11) is 0. The van der Waals surface area contributed by atoms with Gasteiger partial charge in [-0.05, 0) is 37.1 Å². The summed E-state index contributed by atoms with van der Waals surface area (Å²) in [6, 6.07) is 13.9. The van der Waals surface area contributed by atoms with E-state index in [1.165, 1.54) is 0 Å². The number of ketones is 1. The SMILES string of the molecule is CC(C)(N)CCC(=O)c1ccc2ccccc2c1. The Bertz CT molecular complexity index is 567. The van der Waals surface area contributed by atoms with Crippen molar-refractivity contribution in [2.75, 3.05) is 0 Å². The minimum absolute atomic E-state index is 0.166. The number of benzene rings is 2. The van der Waals surface area contributed by atoms with E-state index < -0.39 is 0 Å². The smallest absolute Gasteiger partial charge is 0.162 e. The van der Waals surface area contributed by atoms with E-state index in [9.17, 15) is 4.79 Å². The second kappa shape index (κ2) is 4.91. The van der Waals surface area contributed by atoms with Gasteiger partial charge in [-0.1, -0.05) is 36.4 Å². The van der Waals surface area contributed by atoms with Crippen molar-refractivity contribution in [1.29, 1.82) is 0 Å². The number of hydrogen-bond donors (Lipinski definition) is 1. The largest absolute Gasteiger partial charge is 0.326 e. The predicted octanol–water partition coefficient (Wildman–Crippen LogP) is 3.54. The van der Waals surface area contributed by atoms with Crippen molar-refractivity contribution >= 4 is 16.6 Å². The highest BCUT2D eigenvalue weighted by Gasteiger charge is 2.14. The van der Waals surface area contributed by atoms with Crippen LogP contribution in [0.5, 0.6) is 0 Å². The van der Waals surface area contributed by atoms with Crippen LogP contribution in [0.25, 0.3) is 10.8 Å². The van der Waals surface area contributed by atoms with E-state index in [-0.39, 0.29) is 11.3 Å². The molecule has 0 heterocycles. The van der Waals surface area contributed by atoms with Gasteiger partial charge in [0, 0.05) is 17.5 Å². The summed E-state index contributed by atoms with van der Waals surface area (Å²) in [5.41, 5.74) is 6.39. The number of carbonyl (C=O) groups excluding carboxylic acids is 1. The summed E-state index contributed by atoms with van der Waals surface area (Å²) in [5.74, 6) is 0.166. The molecule has 2 rings (SSSR count). The molecular formula is C16H19NO. The Kier molecular flexibility index (Phi) is 3.48. The highest BCUT2D eigenvalue weighted by molar-refractivity contribution is 5.99. The van der Waals surface area contributed by atoms with Crippen molar-refractivity contribution in [2.24, 2.45) is 5.73 Å². The fraction of sp³-hybridized carbons (Fsp3) is 0.312. The number of nitrogens with two attached hydrogens (primary N) is 1. The van der Waals surface area contributed by atoms with Gasteiger partial charge in [-0.2, -0.15) is 0 Å². The Morgan fingerprint density at radius 2 is 1.78 bits per heavy atom. The lowest BCUT2D eigenvalue weighted by molar-refractivity contribution is 0.0972. The molecule has 0 bridgehead atoms. The molecule has 0 atom stereocenters. The van der Waals surface area contributed by atoms with Gasteiger partial charge >= 0.3 is 0 Å². The van der Waals surface area contributed by atoms with Crippen LogP contribution in [-0.4, -0.2) is 11.3 Å². The fourth-order valence-corrected chi connectivity index (χ4v) is 1.94. The molecule has 0 fully saturated rings. The highest BCUT2D eigenvalue weighted by atomic mass is 16.1. The second-order valence-electron chi connectivity index (χ2n) is 5.47. The van der Waals surface area contributed by atoms with E-state index in [1.807, 2.05) is 56.3 Å². The van der Waals surface area contributed by atoms with E-state index in [4.69, 9.17) is 5.73 Å². The number of rotatable bonds is 4. The summed E-state index contributed by atoms with van der Waals surface area (Å²) >= 11 is 0. The summed E-state index contributed by atoms with van der Waals surface area (Å²) in [6.07, 6.45) is 1.21. The molecule has 0 aliphatic carbocycles. The Morgan fingerprint density at radius 3 is 2.44 bits per heavy atom. The maximum absolute atomic E-state index is 12.1. The summed E-state index contributed by atoms with van der Waals surface area (Å²) in [6.45, 7) is 3.89. The average molecular weight is 241 g/mol. The average Bonchev–Trinajstić information content (AvgIpc) is 2.34. The zero-order valence-corrected chi connectivity index (χ0v) is 10.9. The van der Waals surface area contributed by atoms with Gasteiger partial charge in [0.2, 0.25) is 0 Å². The van der Waals surface area contributed by atoms with E-state index in [2.05, 4.69) is 0 Å². The van der Waals surface area contributed by atoms with Crippen molar-refractivity contribution in [2.45, 2.75) is 32.2 Å². The van der Waals surface area contributed by atoms with Gasteiger partial charge in [0.05, 0.1) is 0 Å². The third kappa shape index (κ3) is 3.17. The van der Waals surface area contributed by atoms with Crippen LogP contribution in [0.4, 0.5) is 0 Å². The third-order valence-corrected chi connectivity index (χ3v) is 3.07. The summed E-state index contributed by atoms with van der Waals surface area (Å²) in [4.78, 5) is 12.1. The van der Waals surface area contributed by atoms with Crippen molar-refractivity contribution in [1.82, 2.24) is 0 Å². The Hall–Kier alpha value is -1.67. The Balaban J connectivity index is 2.18. The number of Topliss-reactive ketones (excluding diaryl/α,β-unsaturated/α-hetero) is 1. The predicted molar refractivity (Wildman–Crippen MR) is 75.8 cm³/mol. The zero-order valence-electron chi connectivity index (χ0n) is 10.9. The van der Waals surface area contributed by atoms with Gasteiger partial charge < -0.3 is 5.73 Å². The first-order valence-corrected chi connectivity index (χ1v) is 6.27. The summed E-state index contributed by atoms with van der Waals surface area (Å²) in [5, 5.41) is 2.27. The van der Waals surface area contributed by atoms with Gasteiger partial charge in [-0.3, -0.25) is 4.79 Å². The van der Waals surface area contributed by atoms with Crippen molar-refractivity contribution < 1.29 is 4.79 Å². The van der Waals surface area contributed by atoms with E-state index in [0.717, 1.165) is 16.3 Å². The van der Waals surface area contributed by atoms with Crippen LogP contribution in [0.1, 0.15) is 37.0 Å². The molecule has 18 heavy (non-hydrogen) atoms. The molecule has 0 radical (unpaired) electrons. The molecule has 0 amide bonds. The topological polar surface area (TPSA) is 43.1 Å². The molecule has 2 aromatic rings. The molecular weight excluding hydrogens is 222 g/mol. The quantitative estimate of drug-likeness (QED) is 0.832. The van der Waals surface area contributed by atoms with Crippen molar-refractivity contribution in [3.8, 4) is 0 Å². The first-order chi connectivity index (χ1) is 8.46. The minimum Gasteiger partial charge on any atom is -0.326 e. The maximum atomic E-state index is 12.1.